The highest BCUT2D eigenvalue weighted by Crippen LogP contribution is 2.26. The van der Waals surface area contributed by atoms with Gasteiger partial charge in [-0.2, -0.15) is 0 Å². The molecule has 3 rings (SSSR count). The maximum absolute atomic E-state index is 12.7. The molecule has 5 heteroatoms. The molecule has 0 bridgehead atoms. The highest BCUT2D eigenvalue weighted by atomic mass is 16.3. The maximum atomic E-state index is 12.7. The Hall–Kier alpha value is -2.92. The number of hydrogen-bond donors (Lipinski definition) is 1. The molecule has 5 nitrogen and oxygen atoms in total. The predicted octanol–water partition coefficient (Wildman–Crippen LogP) is 2.25. The van der Waals surface area contributed by atoms with Gasteiger partial charge in [-0.05, 0) is 26.0 Å². The molecule has 0 saturated heterocycles. The molecule has 120 valence electrons. The van der Waals surface area contributed by atoms with Gasteiger partial charge in [0, 0.05) is 27.8 Å². The topological polar surface area (TPSA) is 88.5 Å². The van der Waals surface area contributed by atoms with Crippen molar-refractivity contribution in [2.75, 3.05) is 0 Å². The normalized spacial score (nSPS) is 14.0. The molecular formula is C19H14O5. The molecule has 0 amide bonds. The molecule has 0 spiro atoms. The molecule has 24 heavy (non-hydrogen) atoms. The van der Waals surface area contributed by atoms with Gasteiger partial charge in [0.2, 0.25) is 11.6 Å². The second-order valence-electron chi connectivity index (χ2n) is 6.18. The zero-order chi connectivity index (χ0) is 17.6. The standard InChI is InChI=1S/C19H14O5/c1-19(2,24)18(23)10-7-8-13-14(9-10)17(22)16(21)12-6-4-3-5-11(12)15(13)20/h3-9,24H,1-2H3. The van der Waals surface area contributed by atoms with Crippen LogP contribution in [0.4, 0.5) is 0 Å². The first kappa shape index (κ1) is 16.0. The smallest absolute Gasteiger partial charge is 0.234 e. The minimum absolute atomic E-state index is 0.0547. The van der Waals surface area contributed by atoms with Gasteiger partial charge in [0.25, 0.3) is 0 Å². The lowest BCUT2D eigenvalue weighted by molar-refractivity contribution is 0.0488. The SMILES string of the molecule is CC(C)(O)C(=O)c1ccc2c(c1)C(=O)C(=O)c1ccccc1C2=O. The van der Waals surface area contributed by atoms with Crippen LogP contribution in [0.15, 0.2) is 42.5 Å². The number of carbonyl (C=O) groups is 4. The zero-order valence-corrected chi connectivity index (χ0v) is 13.1. The molecule has 0 unspecified atom stereocenters. The summed E-state index contributed by atoms with van der Waals surface area (Å²) in [7, 11) is 0. The molecule has 0 atom stereocenters. The summed E-state index contributed by atoms with van der Waals surface area (Å²) in [6.07, 6.45) is 0. The van der Waals surface area contributed by atoms with Crippen LogP contribution in [-0.4, -0.2) is 33.8 Å². The van der Waals surface area contributed by atoms with Crippen LogP contribution in [0.2, 0.25) is 0 Å². The van der Waals surface area contributed by atoms with Crippen LogP contribution < -0.4 is 0 Å². The quantitative estimate of drug-likeness (QED) is 0.677. The van der Waals surface area contributed by atoms with Gasteiger partial charge in [-0.1, -0.05) is 30.3 Å². The number of ketones is 4. The third-order valence-corrected chi connectivity index (χ3v) is 3.95. The molecular weight excluding hydrogens is 308 g/mol. The van der Waals surface area contributed by atoms with Gasteiger partial charge < -0.3 is 5.11 Å². The Morgan fingerprint density at radius 1 is 0.792 bits per heavy atom. The molecule has 0 saturated carbocycles. The number of aliphatic hydroxyl groups is 1. The maximum Gasteiger partial charge on any atom is 0.234 e. The lowest BCUT2D eigenvalue weighted by atomic mass is 9.91. The van der Waals surface area contributed by atoms with Crippen LogP contribution in [0.5, 0.6) is 0 Å². The fourth-order valence-electron chi connectivity index (χ4n) is 2.69. The van der Waals surface area contributed by atoms with Gasteiger partial charge in [0.1, 0.15) is 5.60 Å². The zero-order valence-electron chi connectivity index (χ0n) is 13.1. The highest BCUT2D eigenvalue weighted by Gasteiger charge is 2.33. The van der Waals surface area contributed by atoms with Gasteiger partial charge in [0.15, 0.2) is 11.6 Å². The van der Waals surface area contributed by atoms with Crippen molar-refractivity contribution in [3.8, 4) is 0 Å². The van der Waals surface area contributed by atoms with Crippen LogP contribution in [0.3, 0.4) is 0 Å². The summed E-state index contributed by atoms with van der Waals surface area (Å²) in [5.74, 6) is -2.67. The van der Waals surface area contributed by atoms with Crippen LogP contribution in [0, 0.1) is 0 Å². The van der Waals surface area contributed by atoms with Crippen molar-refractivity contribution in [3.05, 3.63) is 70.3 Å². The van der Waals surface area contributed by atoms with E-state index >= 15 is 0 Å². The van der Waals surface area contributed by atoms with E-state index in [2.05, 4.69) is 0 Å². The summed E-state index contributed by atoms with van der Waals surface area (Å²) < 4.78 is 0. The molecule has 0 fully saturated rings. The van der Waals surface area contributed by atoms with Crippen molar-refractivity contribution < 1.29 is 24.3 Å². The average molecular weight is 322 g/mol. The van der Waals surface area contributed by atoms with E-state index in [0.29, 0.717) is 0 Å². The van der Waals surface area contributed by atoms with Crippen molar-refractivity contribution in [3.63, 3.8) is 0 Å². The average Bonchev–Trinajstić information content (AvgIpc) is 2.64. The summed E-state index contributed by atoms with van der Waals surface area (Å²) in [6.45, 7) is 2.66. The first-order chi connectivity index (χ1) is 11.2. The van der Waals surface area contributed by atoms with E-state index in [9.17, 15) is 24.3 Å². The Labute approximate surface area is 137 Å². The van der Waals surface area contributed by atoms with Crippen LogP contribution in [0.25, 0.3) is 0 Å². The molecule has 0 aromatic heterocycles. The summed E-state index contributed by atoms with van der Waals surface area (Å²) in [5, 5.41) is 9.84. The molecule has 1 N–H and O–H groups in total. The number of rotatable bonds is 2. The summed E-state index contributed by atoms with van der Waals surface area (Å²) >= 11 is 0. The number of hydrogen-bond acceptors (Lipinski definition) is 5. The summed E-state index contributed by atoms with van der Waals surface area (Å²) in [6, 6.07) is 10.1. The number of benzene rings is 2. The van der Waals surface area contributed by atoms with Gasteiger partial charge in [-0.15, -0.1) is 0 Å². The summed E-state index contributed by atoms with van der Waals surface area (Å²) in [4.78, 5) is 49.7. The number of carbonyl (C=O) groups excluding carboxylic acids is 4. The van der Waals surface area contributed by atoms with E-state index in [1.807, 2.05) is 0 Å². The summed E-state index contributed by atoms with van der Waals surface area (Å²) in [5.41, 5.74) is -1.38. The highest BCUT2D eigenvalue weighted by molar-refractivity contribution is 6.53. The Bertz CT molecular complexity index is 916. The van der Waals surface area contributed by atoms with Crippen molar-refractivity contribution in [1.82, 2.24) is 0 Å². The first-order valence-corrected chi connectivity index (χ1v) is 7.36. The lowest BCUT2D eigenvalue weighted by Crippen LogP contribution is -2.31. The predicted molar refractivity (Wildman–Crippen MR) is 85.6 cm³/mol. The number of fused-ring (bicyclic) bond motifs is 2. The second-order valence-corrected chi connectivity index (χ2v) is 6.18. The molecule has 0 aliphatic heterocycles. The minimum atomic E-state index is -1.63. The second kappa shape index (κ2) is 5.32. The molecule has 0 radical (unpaired) electrons. The third kappa shape index (κ3) is 2.39. The fourth-order valence-corrected chi connectivity index (χ4v) is 2.69. The monoisotopic (exact) mass is 322 g/mol. The molecule has 0 heterocycles. The van der Waals surface area contributed by atoms with Crippen LogP contribution >= 0.6 is 0 Å². The van der Waals surface area contributed by atoms with Gasteiger partial charge in [-0.25, -0.2) is 0 Å². The minimum Gasteiger partial charge on any atom is -0.382 e. The fraction of sp³-hybridized carbons (Fsp3) is 0.158. The van der Waals surface area contributed by atoms with Gasteiger partial charge >= 0.3 is 0 Å². The Kier molecular flexibility index (Phi) is 3.53. The van der Waals surface area contributed by atoms with E-state index in [0.717, 1.165) is 0 Å². The van der Waals surface area contributed by atoms with Gasteiger partial charge in [-0.3, -0.25) is 19.2 Å². The van der Waals surface area contributed by atoms with E-state index in [4.69, 9.17) is 0 Å². The van der Waals surface area contributed by atoms with Gasteiger partial charge in [0.05, 0.1) is 0 Å². The largest absolute Gasteiger partial charge is 0.382 e. The van der Waals surface area contributed by atoms with Crippen molar-refractivity contribution in [2.24, 2.45) is 0 Å². The van der Waals surface area contributed by atoms with Crippen molar-refractivity contribution in [2.45, 2.75) is 19.4 Å². The van der Waals surface area contributed by atoms with Crippen molar-refractivity contribution in [1.29, 1.82) is 0 Å². The van der Waals surface area contributed by atoms with Crippen LogP contribution in [-0.2, 0) is 0 Å². The number of Topliss-reactive ketones (excluding diaryl/α,β-unsaturated/α-hetero) is 3. The van der Waals surface area contributed by atoms with E-state index in [1.165, 1.54) is 44.2 Å². The van der Waals surface area contributed by atoms with E-state index < -0.39 is 28.7 Å². The van der Waals surface area contributed by atoms with E-state index in [-0.39, 0.29) is 27.8 Å². The van der Waals surface area contributed by atoms with E-state index in [1.54, 1.807) is 12.1 Å². The molecule has 2 aromatic rings. The Morgan fingerprint density at radius 3 is 1.88 bits per heavy atom. The Balaban J connectivity index is 2.22. The lowest BCUT2D eigenvalue weighted by Gasteiger charge is -2.16. The molecule has 1 aliphatic carbocycles. The first-order valence-electron chi connectivity index (χ1n) is 7.36. The Morgan fingerprint density at radius 2 is 1.29 bits per heavy atom. The van der Waals surface area contributed by atoms with Crippen LogP contribution in [0.1, 0.15) is 60.8 Å². The molecule has 1 aliphatic rings. The third-order valence-electron chi connectivity index (χ3n) is 3.95. The van der Waals surface area contributed by atoms with Crippen molar-refractivity contribution >= 4 is 23.1 Å². The molecule has 2 aromatic carbocycles.